The summed E-state index contributed by atoms with van der Waals surface area (Å²) in [6.45, 7) is 6.00. The van der Waals surface area contributed by atoms with Gasteiger partial charge >= 0.3 is 0 Å². The summed E-state index contributed by atoms with van der Waals surface area (Å²) >= 11 is 0. The Morgan fingerprint density at radius 1 is 0.957 bits per heavy atom. The molecule has 0 aliphatic carbocycles. The highest BCUT2D eigenvalue weighted by molar-refractivity contribution is 5.95. The van der Waals surface area contributed by atoms with E-state index in [0.29, 0.717) is 31.7 Å². The van der Waals surface area contributed by atoms with E-state index in [-0.39, 0.29) is 11.8 Å². The number of hydrogen-bond donors (Lipinski definition) is 0. The van der Waals surface area contributed by atoms with Gasteiger partial charge in [-0.1, -0.05) is 6.07 Å². The molecule has 0 spiro atoms. The maximum Gasteiger partial charge on any atom is 0.254 e. The molecule has 0 saturated carbocycles. The molecule has 1 aliphatic rings. The second-order valence-electron chi connectivity index (χ2n) is 5.89. The van der Waals surface area contributed by atoms with Crippen LogP contribution in [0.2, 0.25) is 0 Å². The van der Waals surface area contributed by atoms with Gasteiger partial charge in [0.05, 0.1) is 0 Å². The van der Waals surface area contributed by atoms with Crippen LogP contribution in [0.25, 0.3) is 5.69 Å². The first-order valence-electron chi connectivity index (χ1n) is 7.85. The Kier molecular flexibility index (Phi) is 4.19. The van der Waals surface area contributed by atoms with Gasteiger partial charge in [-0.3, -0.25) is 9.59 Å². The summed E-state index contributed by atoms with van der Waals surface area (Å²) < 4.78 is 2.01. The van der Waals surface area contributed by atoms with Crippen LogP contribution >= 0.6 is 0 Å². The number of amides is 2. The summed E-state index contributed by atoms with van der Waals surface area (Å²) in [5, 5.41) is 0. The Morgan fingerprint density at radius 2 is 1.57 bits per heavy atom. The second kappa shape index (κ2) is 6.28. The van der Waals surface area contributed by atoms with Crippen molar-refractivity contribution in [3.05, 3.63) is 53.9 Å². The molecule has 0 unspecified atom stereocenters. The number of hydrogen-bond acceptors (Lipinski definition) is 2. The summed E-state index contributed by atoms with van der Waals surface area (Å²) in [6.07, 6.45) is 3.95. The lowest BCUT2D eigenvalue weighted by atomic mass is 10.1. The molecule has 1 aromatic heterocycles. The molecule has 5 heteroatoms. The summed E-state index contributed by atoms with van der Waals surface area (Å²) in [6, 6.07) is 9.73. The average molecular weight is 311 g/mol. The Bertz CT molecular complexity index is 714. The lowest BCUT2D eigenvalue weighted by molar-refractivity contribution is -0.130. The number of carbonyl (C=O) groups is 2. The van der Waals surface area contributed by atoms with Gasteiger partial charge in [-0.15, -0.1) is 0 Å². The zero-order valence-corrected chi connectivity index (χ0v) is 13.5. The molecule has 0 bridgehead atoms. The summed E-state index contributed by atoms with van der Waals surface area (Å²) in [5.41, 5.74) is 2.83. The highest BCUT2D eigenvalue weighted by Gasteiger charge is 2.23. The Balaban J connectivity index is 1.78. The minimum absolute atomic E-state index is 0.0293. The number of carbonyl (C=O) groups excluding carboxylic acids is 2. The Labute approximate surface area is 136 Å². The lowest BCUT2D eigenvalue weighted by Crippen LogP contribution is -2.50. The number of aromatic nitrogens is 1. The highest BCUT2D eigenvalue weighted by atomic mass is 16.2. The maximum atomic E-state index is 12.7. The molecular formula is C18H21N3O2. The van der Waals surface area contributed by atoms with E-state index >= 15 is 0 Å². The van der Waals surface area contributed by atoms with Crippen LogP contribution < -0.4 is 0 Å². The predicted octanol–water partition coefficient (Wildman–Crippen LogP) is 2.09. The normalized spacial score (nSPS) is 14.9. The average Bonchev–Trinajstić information content (AvgIpc) is 3.09. The van der Waals surface area contributed by atoms with Crippen molar-refractivity contribution in [2.75, 3.05) is 26.2 Å². The number of nitrogens with zero attached hydrogens (tertiary/aromatic N) is 3. The highest BCUT2D eigenvalue weighted by Crippen LogP contribution is 2.18. The Hall–Kier alpha value is -2.56. The van der Waals surface area contributed by atoms with E-state index in [2.05, 4.69) is 0 Å². The van der Waals surface area contributed by atoms with Gasteiger partial charge in [0, 0.05) is 56.7 Å². The van der Waals surface area contributed by atoms with Crippen molar-refractivity contribution in [1.29, 1.82) is 0 Å². The van der Waals surface area contributed by atoms with Gasteiger partial charge in [-0.25, -0.2) is 0 Å². The fourth-order valence-electron chi connectivity index (χ4n) is 2.92. The van der Waals surface area contributed by atoms with Gasteiger partial charge < -0.3 is 14.4 Å². The van der Waals surface area contributed by atoms with E-state index in [4.69, 9.17) is 0 Å². The second-order valence-corrected chi connectivity index (χ2v) is 5.89. The van der Waals surface area contributed by atoms with Crippen molar-refractivity contribution in [2.45, 2.75) is 13.8 Å². The SMILES string of the molecule is CC(=O)N1CCN(C(=O)c2ccc(C)c(-n3cccc3)c2)CC1. The van der Waals surface area contributed by atoms with Crippen LogP contribution in [0.4, 0.5) is 0 Å². The molecular weight excluding hydrogens is 290 g/mol. The van der Waals surface area contributed by atoms with Gasteiger partial charge in [-0.2, -0.15) is 0 Å². The van der Waals surface area contributed by atoms with E-state index in [1.54, 1.807) is 11.8 Å². The molecule has 23 heavy (non-hydrogen) atoms. The minimum Gasteiger partial charge on any atom is -0.339 e. The third-order valence-corrected chi connectivity index (χ3v) is 4.35. The molecule has 1 saturated heterocycles. The van der Waals surface area contributed by atoms with E-state index < -0.39 is 0 Å². The summed E-state index contributed by atoms with van der Waals surface area (Å²) in [5.74, 6) is 0.101. The molecule has 1 aromatic carbocycles. The molecule has 2 heterocycles. The van der Waals surface area contributed by atoms with E-state index in [1.165, 1.54) is 0 Å². The zero-order valence-electron chi connectivity index (χ0n) is 13.5. The van der Waals surface area contributed by atoms with E-state index in [1.807, 2.05) is 59.1 Å². The van der Waals surface area contributed by atoms with Crippen LogP contribution in [0.1, 0.15) is 22.8 Å². The van der Waals surface area contributed by atoms with Gasteiger partial charge in [-0.05, 0) is 36.8 Å². The molecule has 2 aromatic rings. The fourth-order valence-corrected chi connectivity index (χ4v) is 2.92. The number of benzene rings is 1. The molecule has 0 N–H and O–H groups in total. The van der Waals surface area contributed by atoms with Crippen molar-refractivity contribution in [1.82, 2.24) is 14.4 Å². The van der Waals surface area contributed by atoms with Crippen LogP contribution in [-0.4, -0.2) is 52.4 Å². The van der Waals surface area contributed by atoms with Gasteiger partial charge in [0.1, 0.15) is 0 Å². The third kappa shape index (κ3) is 3.13. The first kappa shape index (κ1) is 15.3. The van der Waals surface area contributed by atoms with Crippen LogP contribution in [-0.2, 0) is 4.79 Å². The van der Waals surface area contributed by atoms with Crippen molar-refractivity contribution in [2.24, 2.45) is 0 Å². The monoisotopic (exact) mass is 311 g/mol. The van der Waals surface area contributed by atoms with Crippen molar-refractivity contribution in [3.8, 4) is 5.69 Å². The smallest absolute Gasteiger partial charge is 0.254 e. The fraction of sp³-hybridized carbons (Fsp3) is 0.333. The van der Waals surface area contributed by atoms with Crippen LogP contribution in [0.3, 0.4) is 0 Å². The molecule has 0 radical (unpaired) electrons. The molecule has 2 amide bonds. The lowest BCUT2D eigenvalue weighted by Gasteiger charge is -2.34. The van der Waals surface area contributed by atoms with E-state index in [0.717, 1.165) is 11.3 Å². The summed E-state index contributed by atoms with van der Waals surface area (Å²) in [7, 11) is 0. The summed E-state index contributed by atoms with van der Waals surface area (Å²) in [4.78, 5) is 27.7. The molecule has 1 aliphatic heterocycles. The minimum atomic E-state index is 0.0293. The Morgan fingerprint density at radius 3 is 2.17 bits per heavy atom. The number of aryl methyl sites for hydroxylation is 1. The number of piperazine rings is 1. The van der Waals surface area contributed by atoms with Gasteiger partial charge in [0.2, 0.25) is 5.91 Å². The standard InChI is InChI=1S/C18H21N3O2/c1-14-5-6-16(13-17(14)20-7-3-4-8-20)18(23)21-11-9-19(10-12-21)15(2)22/h3-8,13H,9-12H2,1-2H3. The van der Waals surface area contributed by atoms with Crippen molar-refractivity contribution < 1.29 is 9.59 Å². The van der Waals surface area contributed by atoms with Crippen molar-refractivity contribution in [3.63, 3.8) is 0 Å². The third-order valence-electron chi connectivity index (χ3n) is 4.35. The quantitative estimate of drug-likeness (QED) is 0.852. The van der Waals surface area contributed by atoms with Crippen LogP contribution in [0, 0.1) is 6.92 Å². The molecule has 3 rings (SSSR count). The maximum absolute atomic E-state index is 12.7. The predicted molar refractivity (Wildman–Crippen MR) is 88.7 cm³/mol. The molecule has 120 valence electrons. The van der Waals surface area contributed by atoms with Crippen LogP contribution in [0.15, 0.2) is 42.7 Å². The van der Waals surface area contributed by atoms with Crippen LogP contribution in [0.5, 0.6) is 0 Å². The first-order valence-corrected chi connectivity index (χ1v) is 7.85. The van der Waals surface area contributed by atoms with E-state index in [9.17, 15) is 9.59 Å². The molecule has 5 nitrogen and oxygen atoms in total. The zero-order chi connectivity index (χ0) is 16.4. The number of rotatable bonds is 2. The topological polar surface area (TPSA) is 45.6 Å². The van der Waals surface area contributed by atoms with Gasteiger partial charge in [0.25, 0.3) is 5.91 Å². The van der Waals surface area contributed by atoms with Crippen molar-refractivity contribution >= 4 is 11.8 Å². The first-order chi connectivity index (χ1) is 11.1. The molecule has 1 fully saturated rings. The largest absolute Gasteiger partial charge is 0.339 e. The van der Waals surface area contributed by atoms with Gasteiger partial charge in [0.15, 0.2) is 0 Å². The molecule has 0 atom stereocenters.